The predicted octanol–water partition coefficient (Wildman–Crippen LogP) is 2.14. The number of hydrogen-bond acceptors (Lipinski definition) is 2. The molecule has 0 atom stereocenters. The van der Waals surface area contributed by atoms with Gasteiger partial charge in [-0.05, 0) is 0 Å². The van der Waals surface area contributed by atoms with Gasteiger partial charge in [0.05, 0.1) is 0 Å². The SMILES string of the molecule is C#N.[CH3-].[Cu+2].[c-]1cccs1. The maximum absolute atomic E-state index is 6.50. The van der Waals surface area contributed by atoms with Gasteiger partial charge in [0.2, 0.25) is 0 Å². The van der Waals surface area contributed by atoms with Crippen LogP contribution in [0.25, 0.3) is 0 Å². The van der Waals surface area contributed by atoms with Crippen molar-refractivity contribution in [3.63, 3.8) is 0 Å². The largest absolute Gasteiger partial charge is 2.00 e. The second-order valence-electron chi connectivity index (χ2n) is 0.731. The first-order valence-electron chi connectivity index (χ1n) is 1.65. The molecule has 1 aromatic rings. The average Bonchev–Trinajstić information content (AvgIpc) is 2.23. The van der Waals surface area contributed by atoms with Crippen molar-refractivity contribution < 1.29 is 17.1 Å². The van der Waals surface area contributed by atoms with E-state index < -0.39 is 0 Å². The van der Waals surface area contributed by atoms with E-state index in [0.29, 0.717) is 0 Å². The first kappa shape index (κ1) is 15.9. The van der Waals surface area contributed by atoms with Gasteiger partial charge in [-0.3, -0.25) is 0 Å². The summed E-state index contributed by atoms with van der Waals surface area (Å²) in [6.45, 7) is 3.50. The molecule has 1 heterocycles. The van der Waals surface area contributed by atoms with Crippen LogP contribution in [0.3, 0.4) is 0 Å². The second kappa shape index (κ2) is 15.6. The van der Waals surface area contributed by atoms with Crippen molar-refractivity contribution in [1.29, 1.82) is 5.26 Å². The van der Waals surface area contributed by atoms with Crippen LogP contribution in [0.1, 0.15) is 0 Å². The Bertz CT molecular complexity index is 96.6. The van der Waals surface area contributed by atoms with E-state index in [4.69, 9.17) is 5.26 Å². The number of nitrogens with zero attached hydrogens (tertiary/aromatic N) is 1. The van der Waals surface area contributed by atoms with Crippen LogP contribution in [0.5, 0.6) is 0 Å². The van der Waals surface area contributed by atoms with E-state index in [1.54, 1.807) is 11.3 Å². The Hall–Kier alpha value is -0.291. The smallest absolute Gasteiger partial charge is 0.358 e. The van der Waals surface area contributed by atoms with E-state index in [9.17, 15) is 0 Å². The van der Waals surface area contributed by atoms with Crippen LogP contribution in [0.2, 0.25) is 0 Å². The van der Waals surface area contributed by atoms with Crippen molar-refractivity contribution in [2.45, 2.75) is 0 Å². The van der Waals surface area contributed by atoms with Gasteiger partial charge in [0.15, 0.2) is 0 Å². The third-order valence-electron chi connectivity index (χ3n) is 0.379. The van der Waals surface area contributed by atoms with Crippen LogP contribution < -0.4 is 0 Å². The van der Waals surface area contributed by atoms with E-state index in [2.05, 4.69) is 12.0 Å². The van der Waals surface area contributed by atoms with Crippen LogP contribution in [-0.2, 0) is 17.1 Å². The summed E-state index contributed by atoms with van der Waals surface area (Å²) < 4.78 is 0. The Morgan fingerprint density at radius 1 is 1.44 bits per heavy atom. The van der Waals surface area contributed by atoms with Crippen molar-refractivity contribution >= 4 is 11.3 Å². The number of rotatable bonds is 0. The molecule has 0 saturated heterocycles. The molecular weight excluding hydrogens is 182 g/mol. The van der Waals surface area contributed by atoms with Gasteiger partial charge in [0.1, 0.15) is 0 Å². The Kier molecular flexibility index (Phi) is 27.6. The Morgan fingerprint density at radius 2 is 2.00 bits per heavy atom. The molecule has 0 amide bonds. The molecule has 0 unspecified atom stereocenters. The van der Waals surface area contributed by atoms with Crippen molar-refractivity contribution in [2.24, 2.45) is 0 Å². The molecule has 1 nitrogen and oxygen atoms in total. The summed E-state index contributed by atoms with van der Waals surface area (Å²) in [5.74, 6) is 0. The van der Waals surface area contributed by atoms with Gasteiger partial charge in [-0.15, -0.1) is 5.38 Å². The minimum absolute atomic E-state index is 0. The fraction of sp³-hybridized carbons (Fsp3) is 0. The third-order valence-corrected chi connectivity index (χ3v) is 0.944. The fourth-order valence-electron chi connectivity index (χ4n) is 0.196. The van der Waals surface area contributed by atoms with Crippen LogP contribution >= 0.6 is 11.3 Å². The summed E-state index contributed by atoms with van der Waals surface area (Å²) in [6, 6.07) is 3.86. The molecule has 3 heteroatoms. The Balaban J connectivity index is -0.0000000836. The van der Waals surface area contributed by atoms with E-state index >= 15 is 0 Å². The summed E-state index contributed by atoms with van der Waals surface area (Å²) in [5, 5.41) is 11.4. The molecule has 1 rings (SSSR count). The molecular formula is C6H7CuNS. The quantitative estimate of drug-likeness (QED) is 0.452. The first-order valence-corrected chi connectivity index (χ1v) is 2.53. The summed E-state index contributed by atoms with van der Waals surface area (Å²) in [6.07, 6.45) is 0. The molecule has 0 N–H and O–H groups in total. The van der Waals surface area contributed by atoms with Crippen LogP contribution in [0.15, 0.2) is 17.5 Å². The van der Waals surface area contributed by atoms with Crippen LogP contribution in [0, 0.1) is 24.6 Å². The Labute approximate surface area is 70.8 Å². The summed E-state index contributed by atoms with van der Waals surface area (Å²) in [4.78, 5) is 0. The molecule has 0 spiro atoms. The molecule has 1 radical (unpaired) electrons. The van der Waals surface area contributed by atoms with Gasteiger partial charge in [-0.25, -0.2) is 11.3 Å². The van der Waals surface area contributed by atoms with E-state index in [1.165, 1.54) is 0 Å². The second-order valence-corrected chi connectivity index (χ2v) is 1.47. The Morgan fingerprint density at radius 3 is 2.11 bits per heavy atom. The van der Waals surface area contributed by atoms with E-state index in [1.807, 2.05) is 17.5 Å². The first-order chi connectivity index (χ1) is 3.50. The average molecular weight is 189 g/mol. The molecule has 0 aliphatic heterocycles. The zero-order valence-corrected chi connectivity index (χ0v) is 6.72. The molecule has 0 aromatic carbocycles. The van der Waals surface area contributed by atoms with Gasteiger partial charge < -0.3 is 18.8 Å². The molecule has 0 bridgehead atoms. The van der Waals surface area contributed by atoms with Crippen molar-refractivity contribution in [3.8, 4) is 6.57 Å². The van der Waals surface area contributed by atoms with Crippen LogP contribution in [0.4, 0.5) is 0 Å². The van der Waals surface area contributed by atoms with E-state index in [-0.39, 0.29) is 24.5 Å². The molecule has 53 valence electrons. The molecule has 0 saturated carbocycles. The van der Waals surface area contributed by atoms with Crippen molar-refractivity contribution in [3.05, 3.63) is 30.3 Å². The molecule has 0 aliphatic rings. The van der Waals surface area contributed by atoms with Gasteiger partial charge in [-0.1, -0.05) is 0 Å². The third kappa shape index (κ3) is 11.3. The zero-order valence-electron chi connectivity index (χ0n) is 4.97. The number of thiophene rings is 1. The maximum Gasteiger partial charge on any atom is 2.00 e. The fourth-order valence-corrected chi connectivity index (χ4v) is 0.589. The summed E-state index contributed by atoms with van der Waals surface area (Å²) in [5.41, 5.74) is 0. The standard InChI is InChI=1S/C4H3S.CHN.CH3.Cu/c1-2-4-5-3-1;1-2;;/h1-3H;1H;1H3;/q-1;;-1;+2. The van der Waals surface area contributed by atoms with Crippen molar-refractivity contribution in [2.75, 3.05) is 0 Å². The maximum atomic E-state index is 6.50. The van der Waals surface area contributed by atoms with Gasteiger partial charge in [0.25, 0.3) is 0 Å². The predicted molar refractivity (Wildman–Crippen MR) is 36.2 cm³/mol. The van der Waals surface area contributed by atoms with Gasteiger partial charge in [-0.2, -0.15) is 11.4 Å². The zero-order chi connectivity index (χ0) is 5.54. The monoisotopic (exact) mass is 188 g/mol. The molecule has 9 heavy (non-hydrogen) atoms. The molecule has 0 fully saturated rings. The number of nitriles is 1. The molecule has 1 aromatic heterocycles. The van der Waals surface area contributed by atoms with Crippen LogP contribution in [-0.4, -0.2) is 0 Å². The summed E-state index contributed by atoms with van der Waals surface area (Å²) >= 11 is 1.59. The van der Waals surface area contributed by atoms with Gasteiger partial charge in [0, 0.05) is 6.57 Å². The normalized spacial score (nSPS) is 4.67. The minimum atomic E-state index is 0. The van der Waals surface area contributed by atoms with Gasteiger partial charge >= 0.3 is 17.1 Å². The number of hydrogen-bond donors (Lipinski definition) is 0. The van der Waals surface area contributed by atoms with E-state index in [0.717, 1.165) is 0 Å². The molecule has 0 aliphatic carbocycles. The van der Waals surface area contributed by atoms with Crippen molar-refractivity contribution in [1.82, 2.24) is 0 Å². The minimum Gasteiger partial charge on any atom is -0.358 e. The summed E-state index contributed by atoms with van der Waals surface area (Å²) in [7, 11) is 0. The topological polar surface area (TPSA) is 23.8 Å².